The zero-order valence-electron chi connectivity index (χ0n) is 12.7. The molecule has 1 aromatic heterocycles. The molecule has 0 radical (unpaired) electrons. The summed E-state index contributed by atoms with van der Waals surface area (Å²) in [6.07, 6.45) is -0.668. The summed E-state index contributed by atoms with van der Waals surface area (Å²) in [7, 11) is 4.03. The minimum Gasteiger partial charge on any atom is -0.491 e. The molecule has 0 aliphatic carbocycles. The molecule has 0 amide bonds. The molecule has 4 N–H and O–H groups in total. The molecule has 120 valence electrons. The van der Waals surface area contributed by atoms with Gasteiger partial charge in [0.2, 0.25) is 0 Å². The molecule has 8 heteroatoms. The van der Waals surface area contributed by atoms with Gasteiger partial charge in [-0.15, -0.1) is 0 Å². The fraction of sp³-hybridized carbons (Fsp3) is 0.429. The lowest BCUT2D eigenvalue weighted by atomic mass is 10.2. The molecule has 1 unspecified atom stereocenters. The first-order valence-corrected chi connectivity index (χ1v) is 7.64. The van der Waals surface area contributed by atoms with Crippen molar-refractivity contribution in [1.29, 1.82) is 0 Å². The first-order valence-electron chi connectivity index (χ1n) is 6.91. The number of nitrogens with zero attached hydrogens (tertiary/aromatic N) is 3. The van der Waals surface area contributed by atoms with Gasteiger partial charge in [0.05, 0.1) is 11.7 Å². The summed E-state index contributed by atoms with van der Waals surface area (Å²) < 4.78 is 13.5. The van der Waals surface area contributed by atoms with Gasteiger partial charge in [0.25, 0.3) is 0 Å². The normalized spacial score (nSPS) is 12.4. The number of hydrogen-bond donors (Lipinski definition) is 3. The lowest BCUT2D eigenvalue weighted by molar-refractivity contribution is 0.117. The van der Waals surface area contributed by atoms with Crippen LogP contribution in [0.4, 0.5) is 11.6 Å². The maximum atomic E-state index is 9.93. The van der Waals surface area contributed by atoms with Crippen molar-refractivity contribution in [3.63, 3.8) is 0 Å². The van der Waals surface area contributed by atoms with Gasteiger partial charge >= 0.3 is 0 Å². The largest absolute Gasteiger partial charge is 0.491 e. The van der Waals surface area contributed by atoms with E-state index in [1.807, 2.05) is 38.4 Å². The van der Waals surface area contributed by atoms with Crippen molar-refractivity contribution in [2.24, 2.45) is 0 Å². The standard InChI is InChI=1S/C14H21N5O2S/c1-19(2)8-10-4-3-5-12(6-10)21-9-11(20)7-16-14-13(15)17-22-18-14/h3-6,11,20H,7-9H2,1-2H3,(H2,15,17)(H,16,18). The molecule has 1 heterocycles. The highest BCUT2D eigenvalue weighted by Crippen LogP contribution is 2.15. The predicted molar refractivity (Wildman–Crippen MR) is 88.1 cm³/mol. The van der Waals surface area contributed by atoms with Gasteiger partial charge in [-0.3, -0.25) is 0 Å². The zero-order chi connectivity index (χ0) is 15.9. The van der Waals surface area contributed by atoms with E-state index >= 15 is 0 Å². The molecule has 0 saturated carbocycles. The third-order valence-corrected chi connectivity index (χ3v) is 3.40. The maximum Gasteiger partial charge on any atom is 0.184 e. The van der Waals surface area contributed by atoms with Crippen LogP contribution in [0.15, 0.2) is 24.3 Å². The highest BCUT2D eigenvalue weighted by Gasteiger charge is 2.09. The van der Waals surface area contributed by atoms with E-state index in [1.165, 1.54) is 0 Å². The van der Waals surface area contributed by atoms with Gasteiger partial charge in [-0.05, 0) is 31.8 Å². The number of hydrogen-bond acceptors (Lipinski definition) is 8. The van der Waals surface area contributed by atoms with Crippen molar-refractivity contribution in [1.82, 2.24) is 13.6 Å². The third kappa shape index (κ3) is 5.14. The number of benzene rings is 1. The summed E-state index contributed by atoms with van der Waals surface area (Å²) in [5, 5.41) is 12.9. The van der Waals surface area contributed by atoms with Crippen LogP contribution in [0.3, 0.4) is 0 Å². The number of nitrogens with one attached hydrogen (secondary N) is 1. The average molecular weight is 323 g/mol. The number of nitrogens with two attached hydrogens (primary N) is 1. The van der Waals surface area contributed by atoms with Gasteiger partial charge in [-0.1, -0.05) is 12.1 Å². The predicted octanol–water partition coefficient (Wildman–Crippen LogP) is 1.03. The number of ether oxygens (including phenoxy) is 1. The second kappa shape index (κ2) is 7.92. The third-order valence-electron chi connectivity index (χ3n) is 2.86. The second-order valence-corrected chi connectivity index (χ2v) is 5.76. The molecule has 1 aromatic carbocycles. The smallest absolute Gasteiger partial charge is 0.184 e. The van der Waals surface area contributed by atoms with Gasteiger partial charge in [0.1, 0.15) is 18.5 Å². The minimum atomic E-state index is -0.668. The van der Waals surface area contributed by atoms with E-state index in [9.17, 15) is 5.11 Å². The summed E-state index contributed by atoms with van der Waals surface area (Å²) in [6.45, 7) is 1.33. The molecule has 0 aliphatic rings. The van der Waals surface area contributed by atoms with E-state index in [-0.39, 0.29) is 6.61 Å². The van der Waals surface area contributed by atoms with Gasteiger partial charge in [-0.2, -0.15) is 8.75 Å². The lowest BCUT2D eigenvalue weighted by Crippen LogP contribution is -2.26. The number of aromatic nitrogens is 2. The first kappa shape index (κ1) is 16.5. The van der Waals surface area contributed by atoms with Crippen LogP contribution >= 0.6 is 11.7 Å². The van der Waals surface area contributed by atoms with Gasteiger partial charge in [0, 0.05) is 13.1 Å². The van der Waals surface area contributed by atoms with E-state index in [4.69, 9.17) is 10.5 Å². The molecular formula is C14H21N5O2S. The van der Waals surface area contributed by atoms with Crippen molar-refractivity contribution in [3.8, 4) is 5.75 Å². The van der Waals surface area contributed by atoms with Gasteiger partial charge in [-0.25, -0.2) is 0 Å². The van der Waals surface area contributed by atoms with Crippen LogP contribution in [0, 0.1) is 0 Å². The summed E-state index contributed by atoms with van der Waals surface area (Å²) in [5.41, 5.74) is 6.77. The minimum absolute atomic E-state index is 0.190. The molecule has 0 aliphatic heterocycles. The van der Waals surface area contributed by atoms with Crippen molar-refractivity contribution in [2.75, 3.05) is 38.3 Å². The number of rotatable bonds is 8. The van der Waals surface area contributed by atoms with E-state index in [1.54, 1.807) is 0 Å². The molecule has 1 atom stereocenters. The van der Waals surface area contributed by atoms with Crippen LogP contribution in [0.25, 0.3) is 0 Å². The Kier molecular flexibility index (Phi) is 5.93. The number of nitrogen functional groups attached to an aromatic ring is 1. The fourth-order valence-electron chi connectivity index (χ4n) is 1.88. The Morgan fingerprint density at radius 2 is 2.23 bits per heavy atom. The molecule has 2 rings (SSSR count). The first-order chi connectivity index (χ1) is 10.5. The molecule has 2 aromatic rings. The Bertz CT molecular complexity index is 590. The second-order valence-electron chi connectivity index (χ2n) is 5.23. The van der Waals surface area contributed by atoms with E-state index in [2.05, 4.69) is 19.0 Å². The van der Waals surface area contributed by atoms with Crippen LogP contribution < -0.4 is 15.8 Å². The lowest BCUT2D eigenvalue weighted by Gasteiger charge is -2.14. The van der Waals surface area contributed by atoms with Crippen molar-refractivity contribution >= 4 is 23.4 Å². The molecular weight excluding hydrogens is 302 g/mol. The fourth-order valence-corrected chi connectivity index (χ4v) is 2.34. The Labute approximate surface area is 134 Å². The van der Waals surface area contributed by atoms with E-state index < -0.39 is 6.10 Å². The van der Waals surface area contributed by atoms with Crippen molar-refractivity contribution in [2.45, 2.75) is 12.6 Å². The molecule has 0 saturated heterocycles. The van der Waals surface area contributed by atoms with Crippen LogP contribution in [0.5, 0.6) is 5.75 Å². The zero-order valence-corrected chi connectivity index (χ0v) is 13.5. The Morgan fingerprint density at radius 3 is 2.91 bits per heavy atom. The highest BCUT2D eigenvalue weighted by atomic mass is 32.1. The Morgan fingerprint density at radius 1 is 1.41 bits per heavy atom. The monoisotopic (exact) mass is 323 g/mol. The van der Waals surface area contributed by atoms with Gasteiger partial charge in [0.15, 0.2) is 11.6 Å². The maximum absolute atomic E-state index is 9.93. The van der Waals surface area contributed by atoms with E-state index in [0.717, 1.165) is 29.6 Å². The molecule has 0 spiro atoms. The number of anilines is 2. The van der Waals surface area contributed by atoms with E-state index in [0.29, 0.717) is 18.2 Å². The SMILES string of the molecule is CN(C)Cc1cccc(OCC(O)CNc2nsnc2N)c1. The Balaban J connectivity index is 1.78. The van der Waals surface area contributed by atoms with Crippen LogP contribution in [-0.4, -0.2) is 52.1 Å². The van der Waals surface area contributed by atoms with Crippen LogP contribution in [0.1, 0.15) is 5.56 Å². The summed E-state index contributed by atoms with van der Waals surface area (Å²) >= 11 is 1.03. The molecule has 7 nitrogen and oxygen atoms in total. The van der Waals surface area contributed by atoms with Crippen LogP contribution in [-0.2, 0) is 6.54 Å². The molecule has 0 bridgehead atoms. The molecule has 0 fully saturated rings. The Hall–Kier alpha value is -1.90. The summed E-state index contributed by atoms with van der Waals surface area (Å²) in [6, 6.07) is 7.84. The molecule has 22 heavy (non-hydrogen) atoms. The highest BCUT2D eigenvalue weighted by molar-refractivity contribution is 6.99. The average Bonchev–Trinajstić information content (AvgIpc) is 2.88. The topological polar surface area (TPSA) is 96.5 Å². The van der Waals surface area contributed by atoms with Crippen LogP contribution in [0.2, 0.25) is 0 Å². The van der Waals surface area contributed by atoms with Crippen molar-refractivity contribution < 1.29 is 9.84 Å². The summed E-state index contributed by atoms with van der Waals surface area (Å²) in [4.78, 5) is 2.09. The van der Waals surface area contributed by atoms with Crippen molar-refractivity contribution in [3.05, 3.63) is 29.8 Å². The van der Waals surface area contributed by atoms with Gasteiger partial charge < -0.3 is 25.8 Å². The quantitative estimate of drug-likeness (QED) is 0.667. The number of aliphatic hydroxyl groups excluding tert-OH is 1. The summed E-state index contributed by atoms with van der Waals surface area (Å²) in [5.74, 6) is 1.58. The number of aliphatic hydroxyl groups is 1.